The maximum atomic E-state index is 4.95. The lowest BCUT2D eigenvalue weighted by Gasteiger charge is -2.22. The normalized spacial score (nSPS) is 16.7. The third-order valence-corrected chi connectivity index (χ3v) is 10.4. The lowest BCUT2D eigenvalue weighted by molar-refractivity contribution is 0.685. The predicted molar refractivity (Wildman–Crippen MR) is 213 cm³/mol. The van der Waals surface area contributed by atoms with Crippen LogP contribution < -0.4 is 0 Å². The van der Waals surface area contributed by atoms with Crippen molar-refractivity contribution in [2.24, 2.45) is 10.9 Å². The van der Waals surface area contributed by atoms with Crippen molar-refractivity contribution in [2.75, 3.05) is 0 Å². The molecule has 1 aliphatic carbocycles. The average molecular weight is 637 g/mol. The van der Waals surface area contributed by atoms with Gasteiger partial charge >= 0.3 is 0 Å². The van der Waals surface area contributed by atoms with E-state index in [1.807, 2.05) is 12.4 Å². The topological polar surface area (TPSA) is 25.2 Å². The van der Waals surface area contributed by atoms with Gasteiger partial charge in [-0.15, -0.1) is 0 Å². The number of dihydropyridines is 1. The molecule has 0 N–H and O–H groups in total. The lowest BCUT2D eigenvalue weighted by atomic mass is 9.84. The molecule has 1 aliphatic heterocycles. The van der Waals surface area contributed by atoms with Crippen molar-refractivity contribution in [3.05, 3.63) is 182 Å². The Bertz CT molecular complexity index is 2760. The van der Waals surface area contributed by atoms with Gasteiger partial charge in [0.15, 0.2) is 0 Å². The van der Waals surface area contributed by atoms with E-state index in [0.29, 0.717) is 0 Å². The fourth-order valence-electron chi connectivity index (χ4n) is 7.89. The van der Waals surface area contributed by atoms with Crippen LogP contribution in [0.15, 0.2) is 181 Å². The number of aliphatic imine (C=N–C) groups is 1. The van der Waals surface area contributed by atoms with Crippen molar-refractivity contribution in [3.63, 3.8) is 0 Å². The second kappa shape index (κ2) is 11.6. The predicted octanol–water partition coefficient (Wildman–Crippen LogP) is 12.3. The molecule has 2 aliphatic rings. The van der Waals surface area contributed by atoms with E-state index in [-0.39, 0.29) is 12.0 Å². The molecule has 0 saturated heterocycles. The Labute approximate surface area is 291 Å². The molecule has 50 heavy (non-hydrogen) atoms. The summed E-state index contributed by atoms with van der Waals surface area (Å²) in [6.45, 7) is 0. The molecular formula is C48H32N2. The molecule has 1 aromatic heterocycles. The summed E-state index contributed by atoms with van der Waals surface area (Å²) in [5.41, 5.74) is 9.21. The van der Waals surface area contributed by atoms with Gasteiger partial charge in [0.1, 0.15) is 0 Å². The number of rotatable bonds is 4. The number of hydrogen-bond acceptors (Lipinski definition) is 2. The van der Waals surface area contributed by atoms with Crippen molar-refractivity contribution in [1.82, 2.24) is 4.98 Å². The fourth-order valence-corrected chi connectivity index (χ4v) is 7.89. The molecule has 0 saturated carbocycles. The van der Waals surface area contributed by atoms with Gasteiger partial charge in [0.25, 0.3) is 0 Å². The number of pyridine rings is 1. The van der Waals surface area contributed by atoms with E-state index in [1.54, 1.807) is 0 Å². The minimum atomic E-state index is 0.188. The third kappa shape index (κ3) is 4.80. The Hall–Kier alpha value is -6.38. The van der Waals surface area contributed by atoms with Crippen LogP contribution in [0.1, 0.15) is 5.69 Å². The van der Waals surface area contributed by atoms with Crippen molar-refractivity contribution in [1.29, 1.82) is 0 Å². The molecule has 8 aromatic rings. The van der Waals surface area contributed by atoms with E-state index >= 15 is 0 Å². The highest BCUT2D eigenvalue weighted by molar-refractivity contribution is 6.22. The Kier molecular flexibility index (Phi) is 6.67. The van der Waals surface area contributed by atoms with Gasteiger partial charge in [-0.2, -0.15) is 0 Å². The Morgan fingerprint density at radius 2 is 1.02 bits per heavy atom. The van der Waals surface area contributed by atoms with Crippen LogP contribution in [0.4, 0.5) is 0 Å². The minimum Gasteiger partial charge on any atom is -0.284 e. The van der Waals surface area contributed by atoms with E-state index in [2.05, 4.69) is 170 Å². The molecule has 2 heterocycles. The molecule has 2 atom stereocenters. The average Bonchev–Trinajstić information content (AvgIpc) is 3.19. The fraction of sp³-hybridized carbons (Fsp3) is 0.0417. The third-order valence-electron chi connectivity index (χ3n) is 10.4. The summed E-state index contributed by atoms with van der Waals surface area (Å²) in [6, 6.07) is 51.3. The molecule has 2 heteroatoms. The number of aromatic nitrogens is 1. The molecule has 7 aromatic carbocycles. The summed E-state index contributed by atoms with van der Waals surface area (Å²) >= 11 is 0. The summed E-state index contributed by atoms with van der Waals surface area (Å²) in [4.78, 5) is 9.74. The van der Waals surface area contributed by atoms with E-state index in [4.69, 9.17) is 9.98 Å². The lowest BCUT2D eigenvalue weighted by Crippen LogP contribution is -2.18. The van der Waals surface area contributed by atoms with Crippen LogP contribution in [0.2, 0.25) is 0 Å². The first-order chi connectivity index (χ1) is 24.8. The van der Waals surface area contributed by atoms with Crippen LogP contribution in [0.3, 0.4) is 0 Å². The van der Waals surface area contributed by atoms with Gasteiger partial charge in [0.2, 0.25) is 0 Å². The highest BCUT2D eigenvalue weighted by Gasteiger charge is 2.21. The first-order valence-corrected chi connectivity index (χ1v) is 17.3. The van der Waals surface area contributed by atoms with Crippen molar-refractivity contribution in [2.45, 2.75) is 6.04 Å². The maximum absolute atomic E-state index is 4.95. The zero-order chi connectivity index (χ0) is 33.0. The smallest absolute Gasteiger partial charge is 0.0780 e. The zero-order valence-electron chi connectivity index (χ0n) is 27.4. The molecule has 2 nitrogen and oxygen atoms in total. The summed E-state index contributed by atoms with van der Waals surface area (Å²) in [7, 11) is 0. The van der Waals surface area contributed by atoms with Crippen molar-refractivity contribution < 1.29 is 0 Å². The standard InChI is InChI=1S/C48H32N2/c1-3-11-33-25-37(19-17-31(33)9-1)47-41-14-6-7-15-42(41)48(38-20-18-32-10-2-4-12-34(32)26-38)44-28-35(21-23-43(44)47)39-22-24-46(49-29-39)40-27-36-13-5-8-16-45(36)50-30-40/h1-30,36,45H. The number of benzene rings is 7. The number of nitrogens with zero attached hydrogens (tertiary/aromatic N) is 2. The van der Waals surface area contributed by atoms with Gasteiger partial charge in [-0.05, 0) is 95.2 Å². The largest absolute Gasteiger partial charge is 0.284 e. The van der Waals surface area contributed by atoms with Gasteiger partial charge in [-0.25, -0.2) is 0 Å². The molecule has 0 spiro atoms. The van der Waals surface area contributed by atoms with Crippen LogP contribution in [0.5, 0.6) is 0 Å². The zero-order valence-corrected chi connectivity index (χ0v) is 27.4. The van der Waals surface area contributed by atoms with Crippen molar-refractivity contribution in [3.8, 4) is 33.4 Å². The second-order valence-corrected chi connectivity index (χ2v) is 13.3. The summed E-state index contributed by atoms with van der Waals surface area (Å²) in [5, 5.41) is 9.95. The van der Waals surface area contributed by atoms with Crippen LogP contribution in [0.25, 0.3) is 82.0 Å². The van der Waals surface area contributed by atoms with Crippen LogP contribution in [-0.2, 0) is 0 Å². The molecule has 0 fully saturated rings. The summed E-state index contributed by atoms with van der Waals surface area (Å²) < 4.78 is 0. The number of hydrogen-bond donors (Lipinski definition) is 0. The number of allylic oxidation sites excluding steroid dienone is 3. The van der Waals surface area contributed by atoms with E-state index < -0.39 is 0 Å². The van der Waals surface area contributed by atoms with Gasteiger partial charge in [0, 0.05) is 29.5 Å². The van der Waals surface area contributed by atoms with Gasteiger partial charge in [-0.1, -0.05) is 146 Å². The van der Waals surface area contributed by atoms with E-state index in [9.17, 15) is 0 Å². The van der Waals surface area contributed by atoms with Gasteiger partial charge < -0.3 is 0 Å². The van der Waals surface area contributed by atoms with Gasteiger partial charge in [-0.3, -0.25) is 9.98 Å². The van der Waals surface area contributed by atoms with Crippen LogP contribution in [-0.4, -0.2) is 17.2 Å². The first-order valence-electron chi connectivity index (χ1n) is 17.3. The molecule has 0 amide bonds. The molecule has 234 valence electrons. The monoisotopic (exact) mass is 636 g/mol. The quantitative estimate of drug-likeness (QED) is 0.176. The summed E-state index contributed by atoms with van der Waals surface area (Å²) in [5.74, 6) is 0.280. The van der Waals surface area contributed by atoms with Crippen molar-refractivity contribution >= 4 is 54.9 Å². The number of fused-ring (bicyclic) bond motifs is 5. The molecule has 2 unspecified atom stereocenters. The molecular weight excluding hydrogens is 605 g/mol. The van der Waals surface area contributed by atoms with E-state index in [1.165, 1.54) is 65.3 Å². The Morgan fingerprint density at radius 1 is 0.440 bits per heavy atom. The van der Waals surface area contributed by atoms with Crippen LogP contribution >= 0.6 is 0 Å². The Balaban J connectivity index is 1.18. The maximum Gasteiger partial charge on any atom is 0.0780 e. The molecule has 0 bridgehead atoms. The second-order valence-electron chi connectivity index (χ2n) is 13.3. The van der Waals surface area contributed by atoms with E-state index in [0.717, 1.165) is 22.4 Å². The Morgan fingerprint density at radius 3 is 1.70 bits per heavy atom. The van der Waals surface area contributed by atoms with Gasteiger partial charge in [0.05, 0.1) is 11.7 Å². The molecule has 10 rings (SSSR count). The summed E-state index contributed by atoms with van der Waals surface area (Å²) in [6.07, 6.45) is 14.8. The SMILES string of the molecule is C1=CC2C=C(c3ccc(-c4ccc5c(-c6ccc7ccccc7c6)c6ccccc6c(-c6ccc7ccccc7c6)c5c4)cn3)C=NC2C=C1. The highest BCUT2D eigenvalue weighted by atomic mass is 14.8. The minimum absolute atomic E-state index is 0.188. The molecule has 0 radical (unpaired) electrons. The van der Waals surface area contributed by atoms with Crippen LogP contribution in [0, 0.1) is 5.92 Å². The highest BCUT2D eigenvalue weighted by Crippen LogP contribution is 2.45. The first kappa shape index (κ1) is 28.6.